The van der Waals surface area contributed by atoms with Crippen LogP contribution in [0.4, 0.5) is 0 Å². The van der Waals surface area contributed by atoms with Gasteiger partial charge in [0.2, 0.25) is 0 Å². The molecule has 0 aliphatic heterocycles. The third-order valence-electron chi connectivity index (χ3n) is 5.72. The Morgan fingerprint density at radius 1 is 1.18 bits per heavy atom. The molecule has 0 heterocycles. The lowest BCUT2D eigenvalue weighted by molar-refractivity contribution is 0.257. The molecule has 0 bridgehead atoms. The van der Waals surface area contributed by atoms with Crippen molar-refractivity contribution in [2.24, 2.45) is 17.3 Å². The van der Waals surface area contributed by atoms with Gasteiger partial charge < -0.3 is 5.32 Å². The van der Waals surface area contributed by atoms with E-state index in [2.05, 4.69) is 82.1 Å². The Balaban J connectivity index is 1.78. The zero-order valence-corrected chi connectivity index (χ0v) is 18.6. The molecule has 0 saturated carbocycles. The molecule has 2 unspecified atom stereocenters. The Hall–Kier alpha value is -1.76. The second-order valence-electron chi connectivity index (χ2n) is 9.80. The maximum Gasteiger partial charge on any atom is 0.0141 e. The van der Waals surface area contributed by atoms with E-state index < -0.39 is 0 Å². The van der Waals surface area contributed by atoms with Crippen LogP contribution in [-0.4, -0.2) is 6.54 Å². The van der Waals surface area contributed by atoms with Crippen LogP contribution >= 0.6 is 0 Å². The van der Waals surface area contributed by atoms with Crippen molar-refractivity contribution < 1.29 is 0 Å². The summed E-state index contributed by atoms with van der Waals surface area (Å²) in [5, 5.41) is 3.24. The van der Waals surface area contributed by atoms with Gasteiger partial charge in [0.15, 0.2) is 0 Å². The van der Waals surface area contributed by atoms with Gasteiger partial charge in [0, 0.05) is 6.54 Å². The van der Waals surface area contributed by atoms with Crippen molar-refractivity contribution in [2.75, 3.05) is 6.54 Å². The molecule has 28 heavy (non-hydrogen) atoms. The summed E-state index contributed by atoms with van der Waals surface area (Å²) in [6.07, 6.45) is 18.0. The van der Waals surface area contributed by atoms with E-state index in [1.165, 1.54) is 55.2 Å². The molecule has 1 aliphatic carbocycles. The summed E-state index contributed by atoms with van der Waals surface area (Å²) in [6, 6.07) is 8.94. The fourth-order valence-electron chi connectivity index (χ4n) is 4.25. The predicted molar refractivity (Wildman–Crippen MR) is 124 cm³/mol. The van der Waals surface area contributed by atoms with Gasteiger partial charge >= 0.3 is 0 Å². The monoisotopic (exact) mass is 379 g/mol. The van der Waals surface area contributed by atoms with E-state index in [4.69, 9.17) is 0 Å². The molecular formula is C27H41N. The minimum Gasteiger partial charge on any atom is -0.391 e. The van der Waals surface area contributed by atoms with Crippen LogP contribution in [0.1, 0.15) is 70.4 Å². The van der Waals surface area contributed by atoms with Gasteiger partial charge in [0.25, 0.3) is 0 Å². The summed E-state index contributed by atoms with van der Waals surface area (Å²) >= 11 is 0. The molecule has 1 aromatic rings. The Morgan fingerprint density at radius 3 is 2.54 bits per heavy atom. The molecule has 0 amide bonds. The number of hydrogen-bond donors (Lipinski definition) is 1. The second kappa shape index (κ2) is 11.3. The molecule has 0 spiro atoms. The highest BCUT2D eigenvalue weighted by Gasteiger charge is 2.20. The summed E-state index contributed by atoms with van der Waals surface area (Å²) in [7, 11) is 0. The molecule has 1 aromatic carbocycles. The quantitative estimate of drug-likeness (QED) is 0.395. The Labute approximate surface area is 174 Å². The highest BCUT2D eigenvalue weighted by atomic mass is 14.8. The average Bonchev–Trinajstić information content (AvgIpc) is 2.65. The Bertz CT molecular complexity index is 642. The summed E-state index contributed by atoms with van der Waals surface area (Å²) in [6.45, 7) is 14.1. The van der Waals surface area contributed by atoms with Crippen LogP contribution in [0.2, 0.25) is 0 Å². The molecule has 2 rings (SSSR count). The lowest BCUT2D eigenvalue weighted by atomic mass is 9.79. The van der Waals surface area contributed by atoms with Crippen LogP contribution in [0.3, 0.4) is 0 Å². The average molecular weight is 380 g/mol. The highest BCUT2D eigenvalue weighted by molar-refractivity contribution is 5.32. The Kier molecular flexibility index (Phi) is 9.09. The minimum absolute atomic E-state index is 0.417. The zero-order valence-electron chi connectivity index (χ0n) is 18.6. The summed E-state index contributed by atoms with van der Waals surface area (Å²) in [4.78, 5) is 0. The SMILES string of the molecule is C=CNCCCC(CCC1C=CC(Cc2ccc(C)cc2)=CC1)CC(C)(C)C. The topological polar surface area (TPSA) is 12.0 Å². The summed E-state index contributed by atoms with van der Waals surface area (Å²) in [5.41, 5.74) is 4.64. The lowest BCUT2D eigenvalue weighted by Gasteiger charge is -2.27. The van der Waals surface area contributed by atoms with Gasteiger partial charge in [0.1, 0.15) is 0 Å². The number of rotatable bonds is 11. The van der Waals surface area contributed by atoms with Gasteiger partial charge in [-0.05, 0) is 86.5 Å². The van der Waals surface area contributed by atoms with E-state index >= 15 is 0 Å². The van der Waals surface area contributed by atoms with Gasteiger partial charge in [-0.25, -0.2) is 0 Å². The maximum atomic E-state index is 3.75. The van der Waals surface area contributed by atoms with E-state index in [-0.39, 0.29) is 0 Å². The normalized spacial score (nSPS) is 17.9. The van der Waals surface area contributed by atoms with Crippen LogP contribution in [-0.2, 0) is 6.42 Å². The van der Waals surface area contributed by atoms with E-state index in [1.807, 2.05) is 6.20 Å². The number of aryl methyl sites for hydroxylation is 1. The molecule has 0 fully saturated rings. The van der Waals surface area contributed by atoms with Crippen LogP contribution in [0.25, 0.3) is 0 Å². The summed E-state index contributed by atoms with van der Waals surface area (Å²) < 4.78 is 0. The molecular weight excluding hydrogens is 338 g/mol. The molecule has 1 N–H and O–H groups in total. The van der Waals surface area contributed by atoms with E-state index in [0.717, 1.165) is 24.8 Å². The number of hydrogen-bond acceptors (Lipinski definition) is 1. The first-order valence-electron chi connectivity index (χ1n) is 11.1. The maximum absolute atomic E-state index is 3.75. The summed E-state index contributed by atoms with van der Waals surface area (Å²) in [5.74, 6) is 1.55. The predicted octanol–water partition coefficient (Wildman–Crippen LogP) is 7.39. The molecule has 0 saturated heterocycles. The fourth-order valence-corrected chi connectivity index (χ4v) is 4.25. The van der Waals surface area contributed by atoms with Crippen LogP contribution in [0.15, 0.2) is 60.8 Å². The smallest absolute Gasteiger partial charge is 0.0141 e. The first-order valence-corrected chi connectivity index (χ1v) is 11.1. The van der Waals surface area contributed by atoms with Crippen LogP contribution in [0, 0.1) is 24.2 Å². The van der Waals surface area contributed by atoms with Gasteiger partial charge in [-0.1, -0.05) is 75.4 Å². The van der Waals surface area contributed by atoms with Crippen molar-refractivity contribution in [3.05, 3.63) is 72.0 Å². The number of nitrogens with one attached hydrogen (secondary N) is 1. The molecule has 0 aromatic heterocycles. The molecule has 1 aliphatic rings. The highest BCUT2D eigenvalue weighted by Crippen LogP contribution is 2.32. The first kappa shape index (κ1) is 22.5. The number of allylic oxidation sites excluding steroid dienone is 4. The Morgan fingerprint density at radius 2 is 1.93 bits per heavy atom. The van der Waals surface area contributed by atoms with Crippen molar-refractivity contribution in [2.45, 2.75) is 72.6 Å². The number of benzene rings is 1. The molecule has 1 heteroatoms. The third kappa shape index (κ3) is 8.95. The van der Waals surface area contributed by atoms with Gasteiger partial charge in [-0.3, -0.25) is 0 Å². The van der Waals surface area contributed by atoms with Crippen molar-refractivity contribution in [3.63, 3.8) is 0 Å². The van der Waals surface area contributed by atoms with Crippen molar-refractivity contribution >= 4 is 0 Å². The van der Waals surface area contributed by atoms with Crippen LogP contribution < -0.4 is 5.32 Å². The van der Waals surface area contributed by atoms with Crippen molar-refractivity contribution in [1.29, 1.82) is 0 Å². The van der Waals surface area contributed by atoms with Crippen LogP contribution in [0.5, 0.6) is 0 Å². The van der Waals surface area contributed by atoms with Gasteiger partial charge in [0.05, 0.1) is 0 Å². The molecule has 2 atom stereocenters. The van der Waals surface area contributed by atoms with E-state index in [1.54, 1.807) is 0 Å². The van der Waals surface area contributed by atoms with Crippen molar-refractivity contribution in [3.8, 4) is 0 Å². The first-order chi connectivity index (χ1) is 13.4. The molecule has 1 nitrogen and oxygen atoms in total. The standard InChI is InChI=1S/C27H41N/c1-6-28-19-7-8-26(21-27(3,4)5)18-15-23-13-16-25(17-14-23)20-24-11-9-22(2)10-12-24/h6,9-13,16-17,23,26,28H,1,7-8,14-15,18-21H2,2-5H3. The second-order valence-corrected chi connectivity index (χ2v) is 9.80. The third-order valence-corrected chi connectivity index (χ3v) is 5.72. The van der Waals surface area contributed by atoms with E-state index in [9.17, 15) is 0 Å². The van der Waals surface area contributed by atoms with Gasteiger partial charge in [-0.15, -0.1) is 0 Å². The largest absolute Gasteiger partial charge is 0.391 e. The fraction of sp³-hybridized carbons (Fsp3) is 0.556. The molecule has 0 radical (unpaired) electrons. The minimum atomic E-state index is 0.417. The zero-order chi connectivity index (χ0) is 20.4. The van der Waals surface area contributed by atoms with E-state index in [0.29, 0.717) is 5.41 Å². The molecule has 154 valence electrons. The lowest BCUT2D eigenvalue weighted by Crippen LogP contribution is -2.16. The van der Waals surface area contributed by atoms with Gasteiger partial charge in [-0.2, -0.15) is 0 Å². The van der Waals surface area contributed by atoms with Crippen molar-refractivity contribution in [1.82, 2.24) is 5.32 Å².